The van der Waals surface area contributed by atoms with Gasteiger partial charge in [-0.3, -0.25) is 4.79 Å². The van der Waals surface area contributed by atoms with Crippen LogP contribution >= 0.6 is 11.8 Å². The number of benzene rings is 1. The fourth-order valence-electron chi connectivity index (χ4n) is 2.35. The van der Waals surface area contributed by atoms with Gasteiger partial charge in [0.2, 0.25) is 11.1 Å². The van der Waals surface area contributed by atoms with E-state index in [1.165, 1.54) is 11.8 Å². The van der Waals surface area contributed by atoms with Crippen molar-refractivity contribution < 1.29 is 9.53 Å². The molecule has 0 bridgehead atoms. The highest BCUT2D eigenvalue weighted by Gasteiger charge is 2.31. The first kappa shape index (κ1) is 17.0. The van der Waals surface area contributed by atoms with Crippen molar-refractivity contribution in [1.82, 2.24) is 20.1 Å². The Hall–Kier alpha value is -1.86. The molecule has 1 N–H and O–H groups in total. The van der Waals surface area contributed by atoms with E-state index in [2.05, 4.69) is 15.4 Å². The number of thioether (sulfide) groups is 1. The minimum atomic E-state index is -0.250. The predicted octanol–water partition coefficient (Wildman–Crippen LogP) is 2.39. The lowest BCUT2D eigenvalue weighted by Crippen LogP contribution is -2.33. The quantitative estimate of drug-likeness (QED) is 0.587. The van der Waals surface area contributed by atoms with Crippen LogP contribution in [0.5, 0.6) is 0 Å². The first-order valence-corrected chi connectivity index (χ1v) is 9.02. The number of aromatic nitrogens is 3. The van der Waals surface area contributed by atoms with Gasteiger partial charge in [0.1, 0.15) is 5.82 Å². The van der Waals surface area contributed by atoms with Gasteiger partial charge in [0.25, 0.3) is 0 Å². The maximum Gasteiger partial charge on any atom is 0.233 e. The molecule has 1 aromatic heterocycles. The Kier molecular flexibility index (Phi) is 5.52. The van der Waals surface area contributed by atoms with E-state index in [4.69, 9.17) is 4.74 Å². The predicted molar refractivity (Wildman–Crippen MR) is 93.5 cm³/mol. The number of carbonyl (C=O) groups is 1. The van der Waals surface area contributed by atoms with Gasteiger partial charge in [0.05, 0.1) is 17.5 Å². The highest BCUT2D eigenvalue weighted by atomic mass is 32.2. The summed E-state index contributed by atoms with van der Waals surface area (Å²) in [7, 11) is 1.61. The van der Waals surface area contributed by atoms with Crippen LogP contribution in [0.4, 0.5) is 0 Å². The summed E-state index contributed by atoms with van der Waals surface area (Å²) in [6, 6.07) is 10.0. The second-order valence-corrected chi connectivity index (χ2v) is 7.13. The van der Waals surface area contributed by atoms with E-state index in [9.17, 15) is 4.79 Å². The standard InChI is InChI=1S/C17H22N4O2S/c1-12(16(22)18-10-11-23-2)24-17-19-15(13-8-9-13)21(20-17)14-6-4-3-5-7-14/h3-7,12-13H,8-11H2,1-2H3,(H,18,22)/t12-/m1/s1. The van der Waals surface area contributed by atoms with Gasteiger partial charge in [-0.15, -0.1) is 5.10 Å². The molecule has 0 aliphatic heterocycles. The average Bonchev–Trinajstić information content (AvgIpc) is 3.36. The minimum absolute atomic E-state index is 0.0268. The second-order valence-electron chi connectivity index (χ2n) is 5.82. The summed E-state index contributed by atoms with van der Waals surface area (Å²) in [5, 5.41) is 7.87. The fraction of sp³-hybridized carbons (Fsp3) is 0.471. The molecule has 0 saturated heterocycles. The summed E-state index contributed by atoms with van der Waals surface area (Å²) in [4.78, 5) is 16.8. The van der Waals surface area contributed by atoms with Crippen LogP contribution in [0.1, 0.15) is 31.5 Å². The summed E-state index contributed by atoms with van der Waals surface area (Å²) in [5.41, 5.74) is 1.01. The van der Waals surface area contributed by atoms with Gasteiger partial charge in [-0.2, -0.15) is 0 Å². The Balaban J connectivity index is 1.71. The lowest BCUT2D eigenvalue weighted by Gasteiger charge is -2.09. The molecule has 24 heavy (non-hydrogen) atoms. The van der Waals surface area contributed by atoms with E-state index >= 15 is 0 Å². The normalized spacial score (nSPS) is 15.2. The van der Waals surface area contributed by atoms with Crippen LogP contribution in [0.3, 0.4) is 0 Å². The van der Waals surface area contributed by atoms with Crippen LogP contribution in [0.2, 0.25) is 0 Å². The highest BCUT2D eigenvalue weighted by Crippen LogP contribution is 2.40. The molecular formula is C17H22N4O2S. The molecule has 7 heteroatoms. The van der Waals surface area contributed by atoms with Crippen LogP contribution in [-0.2, 0) is 9.53 Å². The van der Waals surface area contributed by atoms with Gasteiger partial charge in [-0.25, -0.2) is 9.67 Å². The third kappa shape index (κ3) is 4.15. The smallest absolute Gasteiger partial charge is 0.233 e. The molecule has 0 spiro atoms. The number of para-hydroxylation sites is 1. The molecule has 128 valence electrons. The second kappa shape index (κ2) is 7.81. The number of amides is 1. The molecule has 1 aromatic carbocycles. The third-order valence-corrected chi connectivity index (χ3v) is 4.76. The van der Waals surface area contributed by atoms with Crippen LogP contribution in [0.25, 0.3) is 5.69 Å². The monoisotopic (exact) mass is 346 g/mol. The molecule has 0 unspecified atom stereocenters. The van der Waals surface area contributed by atoms with Gasteiger partial charge in [-0.1, -0.05) is 30.0 Å². The average molecular weight is 346 g/mol. The van der Waals surface area contributed by atoms with Crippen molar-refractivity contribution in [3.8, 4) is 5.69 Å². The minimum Gasteiger partial charge on any atom is -0.383 e. The zero-order valence-corrected chi connectivity index (χ0v) is 14.8. The molecule has 1 fully saturated rings. The van der Waals surface area contributed by atoms with Crippen molar-refractivity contribution in [2.24, 2.45) is 0 Å². The molecule has 6 nitrogen and oxygen atoms in total. The van der Waals surface area contributed by atoms with E-state index in [0.29, 0.717) is 24.2 Å². The zero-order valence-electron chi connectivity index (χ0n) is 13.9. The number of hydrogen-bond acceptors (Lipinski definition) is 5. The van der Waals surface area contributed by atoms with Crippen molar-refractivity contribution in [2.45, 2.75) is 36.1 Å². The lowest BCUT2D eigenvalue weighted by molar-refractivity contribution is -0.120. The Morgan fingerprint density at radius 3 is 2.83 bits per heavy atom. The first-order valence-electron chi connectivity index (χ1n) is 8.14. The van der Waals surface area contributed by atoms with Crippen LogP contribution in [0, 0.1) is 0 Å². The van der Waals surface area contributed by atoms with Gasteiger partial charge in [-0.05, 0) is 31.9 Å². The van der Waals surface area contributed by atoms with Crippen LogP contribution < -0.4 is 5.32 Å². The third-order valence-electron chi connectivity index (χ3n) is 3.81. The molecule has 1 amide bonds. The summed E-state index contributed by atoms with van der Waals surface area (Å²) < 4.78 is 6.85. The number of rotatable bonds is 8. The first-order chi connectivity index (χ1) is 11.7. The van der Waals surface area contributed by atoms with Crippen molar-refractivity contribution in [3.63, 3.8) is 0 Å². The topological polar surface area (TPSA) is 69.0 Å². The lowest BCUT2D eigenvalue weighted by atomic mass is 10.3. The summed E-state index contributed by atoms with van der Waals surface area (Å²) in [6.07, 6.45) is 2.31. The van der Waals surface area contributed by atoms with Crippen molar-refractivity contribution in [2.75, 3.05) is 20.3 Å². The fourth-order valence-corrected chi connectivity index (χ4v) is 3.13. The Labute approximate surface area is 146 Å². The number of carbonyl (C=O) groups excluding carboxylic acids is 1. The van der Waals surface area contributed by atoms with Crippen LogP contribution in [0.15, 0.2) is 35.5 Å². The Morgan fingerprint density at radius 1 is 1.42 bits per heavy atom. The summed E-state index contributed by atoms with van der Waals surface area (Å²) >= 11 is 1.39. The summed E-state index contributed by atoms with van der Waals surface area (Å²) in [5.74, 6) is 1.45. The van der Waals surface area contributed by atoms with E-state index in [-0.39, 0.29) is 11.2 Å². The largest absolute Gasteiger partial charge is 0.383 e. The maximum atomic E-state index is 12.1. The molecule has 1 aliphatic rings. The Bertz CT molecular complexity index is 685. The van der Waals surface area contributed by atoms with E-state index < -0.39 is 0 Å². The SMILES string of the molecule is COCCNC(=O)[C@@H](C)Sc1nc(C2CC2)n(-c2ccccc2)n1. The maximum absolute atomic E-state index is 12.1. The molecule has 1 saturated carbocycles. The molecule has 3 rings (SSSR count). The number of hydrogen-bond donors (Lipinski definition) is 1. The van der Waals surface area contributed by atoms with Gasteiger partial charge < -0.3 is 10.1 Å². The van der Waals surface area contributed by atoms with Gasteiger partial charge in [0.15, 0.2) is 0 Å². The van der Waals surface area contributed by atoms with E-state index in [1.54, 1.807) is 7.11 Å². The number of methoxy groups -OCH3 is 1. The molecule has 1 atom stereocenters. The number of nitrogens with zero attached hydrogens (tertiary/aromatic N) is 3. The molecular weight excluding hydrogens is 324 g/mol. The summed E-state index contributed by atoms with van der Waals surface area (Å²) in [6.45, 7) is 2.89. The molecule has 1 aliphatic carbocycles. The van der Waals surface area contributed by atoms with Gasteiger partial charge >= 0.3 is 0 Å². The highest BCUT2D eigenvalue weighted by molar-refractivity contribution is 8.00. The number of nitrogens with one attached hydrogen (secondary N) is 1. The van der Waals surface area contributed by atoms with Crippen molar-refractivity contribution in [3.05, 3.63) is 36.2 Å². The van der Waals surface area contributed by atoms with E-state index in [1.807, 2.05) is 41.9 Å². The van der Waals surface area contributed by atoms with Gasteiger partial charge in [0, 0.05) is 19.6 Å². The van der Waals surface area contributed by atoms with Crippen molar-refractivity contribution in [1.29, 1.82) is 0 Å². The Morgan fingerprint density at radius 2 is 2.17 bits per heavy atom. The number of ether oxygens (including phenoxy) is 1. The van der Waals surface area contributed by atoms with Crippen LogP contribution in [-0.4, -0.2) is 46.2 Å². The zero-order chi connectivity index (χ0) is 16.9. The molecule has 1 heterocycles. The van der Waals surface area contributed by atoms with Crippen molar-refractivity contribution >= 4 is 17.7 Å². The molecule has 0 radical (unpaired) electrons. The molecule has 2 aromatic rings. The van der Waals surface area contributed by atoms with E-state index in [0.717, 1.165) is 24.4 Å².